The van der Waals surface area contributed by atoms with Gasteiger partial charge in [-0.3, -0.25) is 4.90 Å². The van der Waals surface area contributed by atoms with Crippen molar-refractivity contribution in [3.05, 3.63) is 28.2 Å². The van der Waals surface area contributed by atoms with Gasteiger partial charge in [0.1, 0.15) is 11.9 Å². The van der Waals surface area contributed by atoms with Gasteiger partial charge < -0.3 is 10.1 Å². The van der Waals surface area contributed by atoms with Crippen molar-refractivity contribution in [3.8, 4) is 5.75 Å². The fourth-order valence-electron chi connectivity index (χ4n) is 3.23. The highest BCUT2D eigenvalue weighted by atomic mass is 35.5. The van der Waals surface area contributed by atoms with Gasteiger partial charge >= 0.3 is 0 Å². The van der Waals surface area contributed by atoms with Gasteiger partial charge in [-0.2, -0.15) is 0 Å². The van der Waals surface area contributed by atoms with Gasteiger partial charge in [-0.15, -0.1) is 0 Å². The van der Waals surface area contributed by atoms with E-state index < -0.39 is 0 Å². The van der Waals surface area contributed by atoms with Gasteiger partial charge in [0.2, 0.25) is 0 Å². The maximum Gasteiger partial charge on any atom is 0.121 e. The lowest BCUT2D eigenvalue weighted by atomic mass is 9.98. The zero-order valence-electron chi connectivity index (χ0n) is 12.2. The minimum Gasteiger partial charge on any atom is -0.489 e. The van der Waals surface area contributed by atoms with Gasteiger partial charge in [-0.05, 0) is 50.4 Å². The van der Waals surface area contributed by atoms with Crippen LogP contribution in [-0.4, -0.2) is 43.7 Å². The number of nitrogens with one attached hydrogen (secondary N) is 1. The predicted octanol–water partition coefficient (Wildman–Crippen LogP) is 3.45. The van der Waals surface area contributed by atoms with Crippen LogP contribution >= 0.6 is 23.2 Å². The third kappa shape index (κ3) is 4.26. The molecule has 0 aromatic heterocycles. The largest absolute Gasteiger partial charge is 0.489 e. The quantitative estimate of drug-likeness (QED) is 0.916. The Balaban J connectivity index is 1.48. The molecule has 0 saturated carbocycles. The summed E-state index contributed by atoms with van der Waals surface area (Å²) in [7, 11) is 0. The Morgan fingerprint density at radius 2 is 1.95 bits per heavy atom. The number of halogens is 2. The molecular weight excluding hydrogens is 307 g/mol. The SMILES string of the molecule is Clc1ccc(OC2CCN(CC3CCNCC3)C2)cc1Cl. The maximum absolute atomic E-state index is 6.03. The third-order valence-electron chi connectivity index (χ3n) is 4.40. The normalized spacial score (nSPS) is 24.4. The summed E-state index contributed by atoms with van der Waals surface area (Å²) < 4.78 is 6.03. The first kappa shape index (κ1) is 15.4. The zero-order chi connectivity index (χ0) is 14.7. The molecule has 1 unspecified atom stereocenters. The molecule has 3 nitrogen and oxygen atoms in total. The average molecular weight is 329 g/mol. The van der Waals surface area contributed by atoms with E-state index in [4.69, 9.17) is 27.9 Å². The standard InChI is InChI=1S/C16H22Cl2N2O/c17-15-2-1-13(9-16(15)18)21-14-5-8-20(11-14)10-12-3-6-19-7-4-12/h1-2,9,12,14,19H,3-8,10-11H2. The van der Waals surface area contributed by atoms with Gasteiger partial charge in [0, 0.05) is 25.7 Å². The van der Waals surface area contributed by atoms with Crippen LogP contribution in [0.1, 0.15) is 19.3 Å². The molecule has 2 fully saturated rings. The van der Waals surface area contributed by atoms with Crippen LogP contribution in [0.3, 0.4) is 0 Å². The number of nitrogens with zero attached hydrogens (tertiary/aromatic N) is 1. The molecule has 1 aromatic rings. The lowest BCUT2D eigenvalue weighted by Gasteiger charge is -2.27. The molecule has 1 atom stereocenters. The van der Waals surface area contributed by atoms with Crippen molar-refractivity contribution in [2.24, 2.45) is 5.92 Å². The van der Waals surface area contributed by atoms with E-state index in [-0.39, 0.29) is 6.10 Å². The number of likely N-dealkylation sites (tertiary alicyclic amines) is 1. The molecule has 2 saturated heterocycles. The number of hydrogen-bond donors (Lipinski definition) is 1. The van der Waals surface area contributed by atoms with Gasteiger partial charge in [-0.1, -0.05) is 23.2 Å². The highest BCUT2D eigenvalue weighted by molar-refractivity contribution is 6.42. The summed E-state index contributed by atoms with van der Waals surface area (Å²) in [5, 5.41) is 4.55. The first-order valence-corrected chi connectivity index (χ1v) is 8.51. The van der Waals surface area contributed by atoms with E-state index in [0.29, 0.717) is 10.0 Å². The van der Waals surface area contributed by atoms with Gasteiger partial charge in [0.05, 0.1) is 10.0 Å². The minimum absolute atomic E-state index is 0.268. The zero-order valence-corrected chi connectivity index (χ0v) is 13.7. The molecule has 1 N–H and O–H groups in total. The van der Waals surface area contributed by atoms with E-state index in [0.717, 1.165) is 31.2 Å². The van der Waals surface area contributed by atoms with Gasteiger partial charge in [-0.25, -0.2) is 0 Å². The van der Waals surface area contributed by atoms with E-state index in [2.05, 4.69) is 10.2 Å². The summed E-state index contributed by atoms with van der Waals surface area (Å²) in [6.45, 7) is 5.70. The molecule has 2 aliphatic heterocycles. The summed E-state index contributed by atoms with van der Waals surface area (Å²) in [5.41, 5.74) is 0. The molecule has 2 aliphatic rings. The topological polar surface area (TPSA) is 24.5 Å². The van der Waals surface area contributed by atoms with Gasteiger partial charge in [0.25, 0.3) is 0 Å². The fraction of sp³-hybridized carbons (Fsp3) is 0.625. The summed E-state index contributed by atoms with van der Waals surface area (Å²) in [6.07, 6.45) is 3.96. The second kappa shape index (κ2) is 7.19. The Hall–Kier alpha value is -0.480. The second-order valence-corrected chi connectivity index (χ2v) is 6.87. The summed E-state index contributed by atoms with van der Waals surface area (Å²) in [6, 6.07) is 5.49. The molecule has 116 valence electrons. The molecule has 0 amide bonds. The Bertz CT molecular complexity index is 477. The predicted molar refractivity (Wildman–Crippen MR) is 87.5 cm³/mol. The van der Waals surface area contributed by atoms with Crippen molar-refractivity contribution in [2.75, 3.05) is 32.7 Å². The first-order chi connectivity index (χ1) is 10.2. The van der Waals surface area contributed by atoms with Crippen LogP contribution in [0, 0.1) is 5.92 Å². The molecule has 1 aromatic carbocycles. The second-order valence-electron chi connectivity index (χ2n) is 6.06. The van der Waals surface area contributed by atoms with Crippen molar-refractivity contribution in [2.45, 2.75) is 25.4 Å². The minimum atomic E-state index is 0.268. The van der Waals surface area contributed by atoms with Crippen LogP contribution in [0.4, 0.5) is 0 Å². The molecule has 21 heavy (non-hydrogen) atoms. The molecular formula is C16H22Cl2N2O. The first-order valence-electron chi connectivity index (χ1n) is 7.75. The number of hydrogen-bond acceptors (Lipinski definition) is 3. The maximum atomic E-state index is 6.03. The number of ether oxygens (including phenoxy) is 1. The number of benzene rings is 1. The number of piperidine rings is 1. The van der Waals surface area contributed by atoms with Crippen molar-refractivity contribution >= 4 is 23.2 Å². The van der Waals surface area contributed by atoms with Crippen molar-refractivity contribution < 1.29 is 4.74 Å². The summed E-state index contributed by atoms with van der Waals surface area (Å²) >= 11 is 12.0. The molecule has 0 aliphatic carbocycles. The Kier molecular flexibility index (Phi) is 5.28. The molecule has 0 radical (unpaired) electrons. The van der Waals surface area contributed by atoms with Crippen LogP contribution in [-0.2, 0) is 0 Å². The van der Waals surface area contributed by atoms with Crippen molar-refractivity contribution in [1.82, 2.24) is 10.2 Å². The van der Waals surface area contributed by atoms with Crippen molar-refractivity contribution in [3.63, 3.8) is 0 Å². The lowest BCUT2D eigenvalue weighted by Crippen LogP contribution is -2.36. The van der Waals surface area contributed by atoms with E-state index in [1.54, 1.807) is 12.1 Å². The highest BCUT2D eigenvalue weighted by Gasteiger charge is 2.26. The van der Waals surface area contributed by atoms with E-state index in [9.17, 15) is 0 Å². The van der Waals surface area contributed by atoms with Gasteiger partial charge in [0.15, 0.2) is 0 Å². The molecule has 5 heteroatoms. The average Bonchev–Trinajstić information content (AvgIpc) is 2.91. The van der Waals surface area contributed by atoms with Crippen molar-refractivity contribution in [1.29, 1.82) is 0 Å². The van der Waals surface area contributed by atoms with Crippen LogP contribution in [0.5, 0.6) is 5.75 Å². The summed E-state index contributed by atoms with van der Waals surface area (Å²) in [5.74, 6) is 1.66. The molecule has 2 heterocycles. The Morgan fingerprint density at radius 1 is 1.14 bits per heavy atom. The Labute approximate surface area is 136 Å². The lowest BCUT2D eigenvalue weighted by molar-refractivity contribution is 0.184. The van der Waals surface area contributed by atoms with E-state index in [1.165, 1.54) is 32.5 Å². The highest BCUT2D eigenvalue weighted by Crippen LogP contribution is 2.28. The van der Waals surface area contributed by atoms with Crippen LogP contribution in [0.2, 0.25) is 10.0 Å². The van der Waals surface area contributed by atoms with Crippen LogP contribution in [0.15, 0.2) is 18.2 Å². The van der Waals surface area contributed by atoms with Crippen LogP contribution < -0.4 is 10.1 Å². The monoisotopic (exact) mass is 328 g/mol. The molecule has 0 bridgehead atoms. The Morgan fingerprint density at radius 3 is 2.71 bits per heavy atom. The smallest absolute Gasteiger partial charge is 0.121 e. The molecule has 0 spiro atoms. The van der Waals surface area contributed by atoms with Crippen LogP contribution in [0.25, 0.3) is 0 Å². The number of rotatable bonds is 4. The third-order valence-corrected chi connectivity index (χ3v) is 5.14. The molecule has 3 rings (SSSR count). The fourth-order valence-corrected chi connectivity index (χ4v) is 3.52. The summed E-state index contributed by atoms with van der Waals surface area (Å²) in [4.78, 5) is 2.54. The van der Waals surface area contributed by atoms with E-state index in [1.807, 2.05) is 6.07 Å². The van der Waals surface area contributed by atoms with E-state index >= 15 is 0 Å².